The topological polar surface area (TPSA) is 0 Å². The van der Waals surface area contributed by atoms with Gasteiger partial charge in [0.15, 0.2) is 0 Å². The zero-order valence-electron chi connectivity index (χ0n) is 14.5. The van der Waals surface area contributed by atoms with E-state index in [0.717, 1.165) is 23.7 Å². The van der Waals surface area contributed by atoms with Crippen molar-refractivity contribution in [3.63, 3.8) is 0 Å². The molecule has 0 saturated heterocycles. The normalized spacial score (nSPS) is 32.6. The Morgan fingerprint density at radius 1 is 0.864 bits per heavy atom. The maximum atomic E-state index is 3.98. The first-order valence-corrected chi connectivity index (χ1v) is 9.37. The van der Waals surface area contributed by atoms with Crippen molar-refractivity contribution in [2.75, 3.05) is 0 Å². The predicted octanol–water partition coefficient (Wildman–Crippen LogP) is 6.57. The van der Waals surface area contributed by atoms with Crippen molar-refractivity contribution < 1.29 is 0 Å². The van der Waals surface area contributed by atoms with E-state index in [9.17, 15) is 0 Å². The van der Waals surface area contributed by atoms with E-state index in [2.05, 4.69) is 44.7 Å². The highest BCUT2D eigenvalue weighted by atomic mass is 14.4. The zero-order chi connectivity index (χ0) is 15.5. The highest BCUT2D eigenvalue weighted by Crippen LogP contribution is 2.44. The molecule has 0 aliphatic heterocycles. The summed E-state index contributed by atoms with van der Waals surface area (Å²) in [4.78, 5) is 0. The van der Waals surface area contributed by atoms with Crippen LogP contribution in [0.5, 0.6) is 0 Å². The minimum Gasteiger partial charge on any atom is -0.103 e. The molecule has 0 N–H and O–H groups in total. The Morgan fingerprint density at radius 2 is 1.45 bits per heavy atom. The van der Waals surface area contributed by atoms with Crippen LogP contribution in [0.3, 0.4) is 0 Å². The molecule has 1 aromatic rings. The molecule has 0 bridgehead atoms. The van der Waals surface area contributed by atoms with Gasteiger partial charge in [-0.1, -0.05) is 24.3 Å². The molecule has 0 amide bonds. The second-order valence-electron chi connectivity index (χ2n) is 7.81. The third-order valence-corrected chi connectivity index (χ3v) is 6.67. The van der Waals surface area contributed by atoms with Crippen LogP contribution in [0.1, 0.15) is 74.0 Å². The lowest BCUT2D eigenvalue weighted by atomic mass is 9.68. The largest absolute Gasteiger partial charge is 0.103 e. The van der Waals surface area contributed by atoms with E-state index in [1.807, 2.05) is 0 Å². The van der Waals surface area contributed by atoms with Crippen LogP contribution in [0.4, 0.5) is 0 Å². The van der Waals surface area contributed by atoms with Crippen molar-refractivity contribution in [2.45, 2.75) is 71.1 Å². The van der Waals surface area contributed by atoms with Crippen LogP contribution < -0.4 is 0 Å². The van der Waals surface area contributed by atoms with E-state index in [0.29, 0.717) is 0 Å². The third-order valence-electron chi connectivity index (χ3n) is 6.67. The Kier molecular flexibility index (Phi) is 5.06. The van der Waals surface area contributed by atoms with Crippen molar-refractivity contribution >= 4 is 0 Å². The third kappa shape index (κ3) is 3.31. The zero-order valence-corrected chi connectivity index (χ0v) is 14.5. The van der Waals surface area contributed by atoms with E-state index < -0.39 is 0 Å². The fourth-order valence-corrected chi connectivity index (χ4v) is 4.97. The van der Waals surface area contributed by atoms with Crippen LogP contribution in [0.15, 0.2) is 30.9 Å². The average Bonchev–Trinajstić information content (AvgIpc) is 2.58. The summed E-state index contributed by atoms with van der Waals surface area (Å²) in [6.07, 6.45) is 13.6. The Balaban J connectivity index is 1.56. The summed E-state index contributed by atoms with van der Waals surface area (Å²) in [5, 5.41) is 0. The summed E-state index contributed by atoms with van der Waals surface area (Å²) in [6.45, 7) is 8.55. The fourth-order valence-electron chi connectivity index (χ4n) is 4.97. The number of hydrogen-bond donors (Lipinski definition) is 0. The molecule has 0 heteroatoms. The maximum Gasteiger partial charge on any atom is -0.0159 e. The molecule has 3 rings (SSSR count). The van der Waals surface area contributed by atoms with E-state index in [1.54, 1.807) is 5.56 Å². The number of rotatable bonds is 3. The molecule has 0 spiro atoms. The molecule has 0 unspecified atom stereocenters. The van der Waals surface area contributed by atoms with Crippen LogP contribution in [-0.4, -0.2) is 0 Å². The molecular formula is C22H32. The van der Waals surface area contributed by atoms with Gasteiger partial charge in [0.25, 0.3) is 0 Å². The van der Waals surface area contributed by atoms with Crippen LogP contribution in [0, 0.1) is 31.6 Å². The van der Waals surface area contributed by atoms with Crippen molar-refractivity contribution in [3.05, 3.63) is 47.5 Å². The molecule has 2 aliphatic carbocycles. The van der Waals surface area contributed by atoms with E-state index in [1.165, 1.54) is 62.5 Å². The van der Waals surface area contributed by atoms with Crippen LogP contribution >= 0.6 is 0 Å². The van der Waals surface area contributed by atoms with Gasteiger partial charge in [-0.05, 0) is 106 Å². The van der Waals surface area contributed by atoms with Gasteiger partial charge in [0.1, 0.15) is 0 Å². The lowest BCUT2D eigenvalue weighted by Crippen LogP contribution is -2.25. The van der Waals surface area contributed by atoms with Crippen molar-refractivity contribution in [2.24, 2.45) is 17.8 Å². The van der Waals surface area contributed by atoms with Gasteiger partial charge in [0, 0.05) is 0 Å². The number of aryl methyl sites for hydroxylation is 1. The smallest absolute Gasteiger partial charge is 0.0159 e. The summed E-state index contributed by atoms with van der Waals surface area (Å²) in [5.74, 6) is 3.64. The summed E-state index contributed by atoms with van der Waals surface area (Å²) in [5.41, 5.74) is 4.63. The first kappa shape index (κ1) is 15.8. The predicted molar refractivity (Wildman–Crippen MR) is 96.3 cm³/mol. The van der Waals surface area contributed by atoms with Gasteiger partial charge in [-0.2, -0.15) is 0 Å². The Bertz CT molecular complexity index is 497. The number of allylic oxidation sites excluding steroid dienone is 1. The van der Waals surface area contributed by atoms with Gasteiger partial charge in [-0.15, -0.1) is 6.58 Å². The van der Waals surface area contributed by atoms with Crippen molar-refractivity contribution in [1.82, 2.24) is 0 Å². The Hall–Kier alpha value is -1.04. The van der Waals surface area contributed by atoms with Gasteiger partial charge in [-0.25, -0.2) is 0 Å². The molecule has 22 heavy (non-hydrogen) atoms. The molecular weight excluding hydrogens is 264 g/mol. The lowest BCUT2D eigenvalue weighted by Gasteiger charge is -2.37. The van der Waals surface area contributed by atoms with Crippen LogP contribution in [-0.2, 0) is 0 Å². The first-order valence-electron chi connectivity index (χ1n) is 9.37. The minimum atomic E-state index is 0.808. The van der Waals surface area contributed by atoms with Gasteiger partial charge < -0.3 is 0 Å². The second-order valence-corrected chi connectivity index (χ2v) is 7.81. The van der Waals surface area contributed by atoms with E-state index >= 15 is 0 Å². The van der Waals surface area contributed by atoms with Gasteiger partial charge >= 0.3 is 0 Å². The molecule has 0 nitrogen and oxygen atoms in total. The summed E-state index contributed by atoms with van der Waals surface area (Å²) >= 11 is 0. The molecule has 0 heterocycles. The number of hydrogen-bond acceptors (Lipinski definition) is 0. The van der Waals surface area contributed by atoms with E-state index in [4.69, 9.17) is 0 Å². The quantitative estimate of drug-likeness (QED) is 0.553. The molecule has 2 saturated carbocycles. The summed E-state index contributed by atoms with van der Waals surface area (Å²) in [7, 11) is 0. The second kappa shape index (κ2) is 7.02. The number of benzene rings is 1. The standard InChI is InChI=1S/C22H32/c1-4-18-8-10-19(11-9-18)20-12-14-21(15-13-20)22-7-5-6-16(2)17(22)3/h4-7,18-21H,1,8-15H2,2-3H3. The molecule has 0 radical (unpaired) electrons. The molecule has 0 aromatic heterocycles. The van der Waals surface area contributed by atoms with Crippen LogP contribution in [0.25, 0.3) is 0 Å². The summed E-state index contributed by atoms with van der Waals surface area (Å²) < 4.78 is 0. The molecule has 0 atom stereocenters. The van der Waals surface area contributed by atoms with Gasteiger partial charge in [-0.3, -0.25) is 0 Å². The van der Waals surface area contributed by atoms with Crippen molar-refractivity contribution in [1.29, 1.82) is 0 Å². The highest BCUT2D eigenvalue weighted by molar-refractivity contribution is 5.35. The SMILES string of the molecule is C=CC1CCC(C2CCC(c3cccc(C)c3C)CC2)CC1. The maximum absolute atomic E-state index is 3.98. The summed E-state index contributed by atoms with van der Waals surface area (Å²) in [6, 6.07) is 6.88. The fraction of sp³-hybridized carbons (Fsp3) is 0.636. The lowest BCUT2D eigenvalue weighted by molar-refractivity contribution is 0.171. The average molecular weight is 296 g/mol. The van der Waals surface area contributed by atoms with Gasteiger partial charge in [0.05, 0.1) is 0 Å². The Labute approximate surface area is 137 Å². The Morgan fingerprint density at radius 3 is 2.05 bits per heavy atom. The molecule has 2 fully saturated rings. The van der Waals surface area contributed by atoms with Crippen molar-refractivity contribution in [3.8, 4) is 0 Å². The molecule has 2 aliphatic rings. The monoisotopic (exact) mass is 296 g/mol. The van der Waals surface area contributed by atoms with Gasteiger partial charge in [0.2, 0.25) is 0 Å². The highest BCUT2D eigenvalue weighted by Gasteiger charge is 2.31. The minimum absolute atomic E-state index is 0.808. The molecule has 120 valence electrons. The first-order chi connectivity index (χ1) is 10.7. The molecule has 1 aromatic carbocycles. The van der Waals surface area contributed by atoms with Crippen LogP contribution in [0.2, 0.25) is 0 Å². The van der Waals surface area contributed by atoms with E-state index in [-0.39, 0.29) is 0 Å².